The number of Topliss-reactive ketones (excluding diaryl/α,β-unsaturated/α-hetero) is 1. The average molecular weight is 370 g/mol. The summed E-state index contributed by atoms with van der Waals surface area (Å²) in [6, 6.07) is 0. The highest BCUT2D eigenvalue weighted by molar-refractivity contribution is 6.13. The van der Waals surface area contributed by atoms with E-state index in [0.29, 0.717) is 6.42 Å². The monoisotopic (exact) mass is 370 g/mol. The molecule has 0 fully saturated rings. The van der Waals surface area contributed by atoms with Crippen LogP contribution in [0.25, 0.3) is 0 Å². The highest BCUT2D eigenvalue weighted by atomic mass is 16.6. The molecule has 26 heavy (non-hydrogen) atoms. The Morgan fingerprint density at radius 2 is 1.46 bits per heavy atom. The van der Waals surface area contributed by atoms with Gasteiger partial charge in [-0.05, 0) is 6.92 Å². The maximum Gasteiger partial charge on any atom is 0.366 e. The maximum atomic E-state index is 12.9. The summed E-state index contributed by atoms with van der Waals surface area (Å²) in [5.41, 5.74) is -3.34. The molecular weight excluding hydrogens is 344 g/mol. The van der Waals surface area contributed by atoms with E-state index in [0.717, 1.165) is 19.1 Å². The minimum absolute atomic E-state index is 0.117. The lowest BCUT2D eigenvalue weighted by molar-refractivity contribution is -0.189. The zero-order chi connectivity index (χ0) is 20.5. The van der Waals surface area contributed by atoms with Crippen LogP contribution in [0.1, 0.15) is 54.4 Å². The number of carbonyl (C=O) groups is 5. The van der Waals surface area contributed by atoms with Gasteiger partial charge in [-0.1, -0.05) is 34.1 Å². The van der Waals surface area contributed by atoms with Gasteiger partial charge < -0.3 is 14.2 Å². The second-order valence-corrected chi connectivity index (χ2v) is 6.54. The van der Waals surface area contributed by atoms with Gasteiger partial charge in [-0.3, -0.25) is 9.59 Å². The number of ether oxygens (including phenoxy) is 3. The van der Waals surface area contributed by atoms with Crippen LogP contribution in [0.5, 0.6) is 0 Å². The van der Waals surface area contributed by atoms with Gasteiger partial charge in [-0.25, -0.2) is 14.4 Å². The van der Waals surface area contributed by atoms with Crippen molar-refractivity contribution in [2.24, 2.45) is 5.41 Å². The molecule has 0 radical (unpaired) electrons. The van der Waals surface area contributed by atoms with Crippen LogP contribution in [0.15, 0.2) is 12.2 Å². The number of hydrogen-bond acceptors (Lipinski definition) is 8. The first-order valence-electron chi connectivity index (χ1n) is 8.26. The topological polar surface area (TPSA) is 113 Å². The summed E-state index contributed by atoms with van der Waals surface area (Å²) in [4.78, 5) is 59.9. The average Bonchev–Trinajstić information content (AvgIpc) is 2.50. The van der Waals surface area contributed by atoms with Crippen molar-refractivity contribution >= 4 is 29.7 Å². The lowest BCUT2D eigenvalue weighted by atomic mass is 9.77. The molecule has 0 aromatic rings. The zero-order valence-corrected chi connectivity index (χ0v) is 16.0. The van der Waals surface area contributed by atoms with Crippen LogP contribution in [0.3, 0.4) is 0 Å². The Hall–Kier alpha value is -2.51. The van der Waals surface area contributed by atoms with Gasteiger partial charge in [0.25, 0.3) is 5.60 Å². The standard InChI is InChI=1S/C18H26O8/c1-7-11-18(15(22)17(4,5)6,16(23)25-12(3)19)26-14(21)10-9-13(20)24-8-2/h9-10H,7-8,11H2,1-6H3. The van der Waals surface area contributed by atoms with Crippen LogP contribution in [0.2, 0.25) is 0 Å². The van der Waals surface area contributed by atoms with Crippen molar-refractivity contribution in [3.8, 4) is 0 Å². The summed E-state index contributed by atoms with van der Waals surface area (Å²) in [7, 11) is 0. The normalized spacial score (nSPS) is 13.6. The van der Waals surface area contributed by atoms with Crippen molar-refractivity contribution < 1.29 is 38.2 Å². The Labute approximate surface area is 152 Å². The van der Waals surface area contributed by atoms with E-state index < -0.39 is 40.7 Å². The molecule has 8 heteroatoms. The molecule has 0 bridgehead atoms. The minimum atomic E-state index is -2.28. The van der Waals surface area contributed by atoms with Crippen LogP contribution in [0.4, 0.5) is 0 Å². The van der Waals surface area contributed by atoms with Gasteiger partial charge in [0.15, 0.2) is 5.78 Å². The Morgan fingerprint density at radius 3 is 1.88 bits per heavy atom. The third-order valence-corrected chi connectivity index (χ3v) is 3.13. The fraction of sp³-hybridized carbons (Fsp3) is 0.611. The molecule has 0 saturated carbocycles. The molecule has 8 nitrogen and oxygen atoms in total. The molecular formula is C18H26O8. The molecule has 0 aliphatic rings. The number of esters is 4. The summed E-state index contributed by atoms with van der Waals surface area (Å²) in [6.45, 7) is 9.02. The summed E-state index contributed by atoms with van der Waals surface area (Å²) >= 11 is 0. The first-order chi connectivity index (χ1) is 11.9. The molecule has 146 valence electrons. The molecule has 1 unspecified atom stereocenters. The van der Waals surface area contributed by atoms with Crippen molar-refractivity contribution in [1.82, 2.24) is 0 Å². The molecule has 0 amide bonds. The van der Waals surface area contributed by atoms with E-state index in [1.165, 1.54) is 0 Å². The number of rotatable bonds is 8. The van der Waals surface area contributed by atoms with Gasteiger partial charge in [-0.2, -0.15) is 0 Å². The third-order valence-electron chi connectivity index (χ3n) is 3.13. The van der Waals surface area contributed by atoms with Gasteiger partial charge in [-0.15, -0.1) is 0 Å². The van der Waals surface area contributed by atoms with E-state index in [1.807, 2.05) is 0 Å². The van der Waals surface area contributed by atoms with E-state index in [4.69, 9.17) is 4.74 Å². The van der Waals surface area contributed by atoms with Crippen LogP contribution < -0.4 is 0 Å². The predicted octanol–water partition coefficient (Wildman–Crippen LogP) is 1.89. The first kappa shape index (κ1) is 23.5. The molecule has 0 saturated heterocycles. The summed E-state index contributed by atoms with van der Waals surface area (Å²) in [5, 5.41) is 0. The van der Waals surface area contributed by atoms with Crippen molar-refractivity contribution in [2.75, 3.05) is 6.61 Å². The molecule has 0 heterocycles. The Kier molecular flexibility index (Phi) is 8.89. The van der Waals surface area contributed by atoms with Crippen molar-refractivity contribution in [1.29, 1.82) is 0 Å². The third kappa shape index (κ3) is 6.78. The van der Waals surface area contributed by atoms with Crippen molar-refractivity contribution in [3.05, 3.63) is 12.2 Å². The molecule has 0 N–H and O–H groups in total. The van der Waals surface area contributed by atoms with E-state index >= 15 is 0 Å². The highest BCUT2D eigenvalue weighted by Gasteiger charge is 2.54. The smallest absolute Gasteiger partial charge is 0.366 e. The largest absolute Gasteiger partial charge is 0.463 e. The molecule has 0 aliphatic heterocycles. The lowest BCUT2D eigenvalue weighted by Gasteiger charge is -2.33. The second-order valence-electron chi connectivity index (χ2n) is 6.54. The van der Waals surface area contributed by atoms with Crippen LogP contribution in [0, 0.1) is 5.41 Å². The Bertz CT molecular complexity index is 597. The number of ketones is 1. The van der Waals surface area contributed by atoms with Crippen LogP contribution in [-0.4, -0.2) is 41.9 Å². The maximum absolute atomic E-state index is 12.9. The van der Waals surface area contributed by atoms with Gasteiger partial charge in [0.05, 0.1) is 6.61 Å². The van der Waals surface area contributed by atoms with Gasteiger partial charge in [0.1, 0.15) is 0 Å². The summed E-state index contributed by atoms with van der Waals surface area (Å²) in [5.74, 6) is -4.79. The fourth-order valence-corrected chi connectivity index (χ4v) is 2.15. The van der Waals surface area contributed by atoms with Crippen molar-refractivity contribution in [3.63, 3.8) is 0 Å². The van der Waals surface area contributed by atoms with E-state index in [2.05, 4.69) is 9.47 Å². The highest BCUT2D eigenvalue weighted by Crippen LogP contribution is 2.31. The van der Waals surface area contributed by atoms with Crippen LogP contribution in [-0.2, 0) is 38.2 Å². The zero-order valence-electron chi connectivity index (χ0n) is 16.0. The first-order valence-corrected chi connectivity index (χ1v) is 8.26. The SMILES string of the molecule is CCCC(OC(=O)C=CC(=O)OCC)(C(=O)OC(C)=O)C(=O)C(C)(C)C. The van der Waals surface area contributed by atoms with Gasteiger partial charge in [0.2, 0.25) is 0 Å². The number of carbonyl (C=O) groups excluding carboxylic acids is 5. The lowest BCUT2D eigenvalue weighted by Crippen LogP contribution is -2.55. The quantitative estimate of drug-likeness (QED) is 0.275. The second kappa shape index (κ2) is 9.84. The van der Waals surface area contributed by atoms with Gasteiger partial charge >= 0.3 is 23.9 Å². The van der Waals surface area contributed by atoms with E-state index in [-0.39, 0.29) is 13.0 Å². The predicted molar refractivity (Wildman–Crippen MR) is 90.7 cm³/mol. The fourth-order valence-electron chi connectivity index (χ4n) is 2.15. The molecule has 0 rings (SSSR count). The minimum Gasteiger partial charge on any atom is -0.463 e. The molecule has 1 atom stereocenters. The Morgan fingerprint density at radius 1 is 0.923 bits per heavy atom. The molecule has 0 aromatic heterocycles. The van der Waals surface area contributed by atoms with Crippen LogP contribution >= 0.6 is 0 Å². The molecule has 0 aliphatic carbocycles. The van der Waals surface area contributed by atoms with Gasteiger partial charge in [0, 0.05) is 30.9 Å². The van der Waals surface area contributed by atoms with E-state index in [9.17, 15) is 24.0 Å². The summed E-state index contributed by atoms with van der Waals surface area (Å²) in [6.07, 6.45) is 1.69. The summed E-state index contributed by atoms with van der Waals surface area (Å²) < 4.78 is 14.3. The van der Waals surface area contributed by atoms with E-state index in [1.54, 1.807) is 34.6 Å². The van der Waals surface area contributed by atoms with Crippen molar-refractivity contribution in [2.45, 2.75) is 60.0 Å². The molecule has 0 aromatic carbocycles. The number of hydrogen-bond donors (Lipinski definition) is 0. The molecule has 0 spiro atoms. The Balaban J connectivity index is 5.85.